The molecule has 0 radical (unpaired) electrons. The van der Waals surface area contributed by atoms with Crippen molar-refractivity contribution in [3.05, 3.63) is 65.7 Å². The Bertz CT molecular complexity index is 954. The van der Waals surface area contributed by atoms with E-state index in [1.54, 1.807) is 7.11 Å². The van der Waals surface area contributed by atoms with Crippen molar-refractivity contribution < 1.29 is 23.4 Å². The maximum atomic E-state index is 12.2. The fourth-order valence-electron chi connectivity index (χ4n) is 4.67. The van der Waals surface area contributed by atoms with E-state index in [4.69, 9.17) is 18.6 Å². The van der Waals surface area contributed by atoms with Gasteiger partial charge in [0.1, 0.15) is 18.1 Å². The Morgan fingerprint density at radius 3 is 1.97 bits per heavy atom. The lowest BCUT2D eigenvalue weighted by molar-refractivity contribution is -0.137. The monoisotopic (exact) mass is 542 g/mol. The van der Waals surface area contributed by atoms with Gasteiger partial charge in [0.2, 0.25) is 0 Å². The van der Waals surface area contributed by atoms with E-state index >= 15 is 0 Å². The molecular weight excluding hydrogens is 492 g/mol. The van der Waals surface area contributed by atoms with Crippen LogP contribution in [0.2, 0.25) is 18.1 Å². The average Bonchev–Trinajstić information content (AvgIpc) is 2.89. The van der Waals surface area contributed by atoms with Crippen LogP contribution in [0.4, 0.5) is 0 Å². The van der Waals surface area contributed by atoms with E-state index in [0.29, 0.717) is 19.6 Å². The van der Waals surface area contributed by atoms with E-state index in [-0.39, 0.29) is 17.1 Å². The van der Waals surface area contributed by atoms with Crippen LogP contribution in [0, 0.1) is 5.92 Å². The quantitative estimate of drug-likeness (QED) is 0.159. The van der Waals surface area contributed by atoms with E-state index in [1.165, 1.54) is 0 Å². The Labute approximate surface area is 232 Å². The lowest BCUT2D eigenvalue weighted by Gasteiger charge is -2.50. The number of rotatable bonds is 16. The minimum absolute atomic E-state index is 0.0449. The molecule has 0 heterocycles. The summed E-state index contributed by atoms with van der Waals surface area (Å²) in [5, 5.41) is 0.0449. The normalized spacial score (nSPS) is 16.3. The smallest absolute Gasteiger partial charge is 0.192 e. The number of ether oxygens (including phenoxy) is 3. The number of carbonyl (C=O) groups excluding carboxylic acids is 1. The van der Waals surface area contributed by atoms with Crippen molar-refractivity contribution in [1.82, 2.24) is 0 Å². The van der Waals surface area contributed by atoms with Crippen LogP contribution in [0.25, 0.3) is 0 Å². The molecule has 38 heavy (non-hydrogen) atoms. The fraction of sp³-hybridized carbons (Fsp3) is 0.594. The summed E-state index contributed by atoms with van der Waals surface area (Å²) in [7, 11) is -0.514. The van der Waals surface area contributed by atoms with Crippen molar-refractivity contribution in [1.29, 1.82) is 0 Å². The average molecular weight is 543 g/mol. The van der Waals surface area contributed by atoms with Gasteiger partial charge in [-0.15, -0.1) is 0 Å². The van der Waals surface area contributed by atoms with Crippen molar-refractivity contribution in [3.8, 4) is 5.75 Å². The van der Waals surface area contributed by atoms with Crippen molar-refractivity contribution in [2.75, 3.05) is 7.11 Å². The minimum atomic E-state index is -2.16. The van der Waals surface area contributed by atoms with Crippen molar-refractivity contribution >= 4 is 14.6 Å². The number of aldehydes is 1. The van der Waals surface area contributed by atoms with E-state index < -0.39 is 20.0 Å². The van der Waals surface area contributed by atoms with Gasteiger partial charge in [-0.05, 0) is 66.6 Å². The highest BCUT2D eigenvalue weighted by atomic mass is 28.4. The van der Waals surface area contributed by atoms with E-state index in [1.807, 2.05) is 42.5 Å². The number of hydrogen-bond donors (Lipinski definition) is 0. The highest BCUT2D eigenvalue weighted by Crippen LogP contribution is 2.44. The highest BCUT2D eigenvalue weighted by Gasteiger charge is 2.49. The first-order chi connectivity index (χ1) is 17.9. The van der Waals surface area contributed by atoms with Crippen LogP contribution in [0.15, 0.2) is 54.6 Å². The molecule has 0 saturated heterocycles. The first-order valence-corrected chi connectivity index (χ1v) is 16.9. The van der Waals surface area contributed by atoms with E-state index in [9.17, 15) is 4.79 Å². The minimum Gasteiger partial charge on any atom is -0.497 e. The molecule has 0 spiro atoms. The van der Waals surface area contributed by atoms with Crippen LogP contribution < -0.4 is 4.74 Å². The summed E-state index contributed by atoms with van der Waals surface area (Å²) in [5.41, 5.74) is 1.61. The lowest BCUT2D eigenvalue weighted by atomic mass is 9.81. The molecule has 0 amide bonds. The van der Waals surface area contributed by atoms with Gasteiger partial charge in [0, 0.05) is 0 Å². The molecule has 0 aliphatic heterocycles. The Morgan fingerprint density at radius 2 is 1.47 bits per heavy atom. The molecule has 0 aliphatic carbocycles. The molecule has 2 aromatic carbocycles. The van der Waals surface area contributed by atoms with Crippen molar-refractivity contribution in [2.45, 2.75) is 110 Å². The van der Waals surface area contributed by atoms with Gasteiger partial charge in [0.15, 0.2) is 8.32 Å². The van der Waals surface area contributed by atoms with Gasteiger partial charge in [-0.3, -0.25) is 0 Å². The molecule has 0 aliphatic rings. The number of hydrogen-bond acceptors (Lipinski definition) is 5. The van der Waals surface area contributed by atoms with Gasteiger partial charge in [-0.2, -0.15) is 0 Å². The second kappa shape index (κ2) is 14.4. The van der Waals surface area contributed by atoms with Gasteiger partial charge >= 0.3 is 0 Å². The summed E-state index contributed by atoms with van der Waals surface area (Å²) in [6.45, 7) is 18.7. The van der Waals surface area contributed by atoms with Crippen molar-refractivity contribution in [2.24, 2.45) is 5.92 Å². The molecule has 0 N–H and O–H groups in total. The first-order valence-electron chi connectivity index (χ1n) is 14.0. The van der Waals surface area contributed by atoms with Gasteiger partial charge in [-0.1, -0.05) is 84.0 Å². The zero-order valence-electron chi connectivity index (χ0n) is 25.1. The van der Waals surface area contributed by atoms with Crippen LogP contribution in [0.3, 0.4) is 0 Å². The summed E-state index contributed by atoms with van der Waals surface area (Å²) in [4.78, 5) is 12.2. The molecule has 6 heteroatoms. The van der Waals surface area contributed by atoms with Crippen LogP contribution in [0.1, 0.15) is 71.9 Å². The predicted molar refractivity (Wildman–Crippen MR) is 158 cm³/mol. The fourth-order valence-corrected chi connectivity index (χ4v) is 6.35. The molecule has 5 nitrogen and oxygen atoms in total. The topological polar surface area (TPSA) is 54.0 Å². The Hall–Kier alpha value is -1.99. The third-order valence-electron chi connectivity index (χ3n) is 8.08. The molecule has 0 saturated carbocycles. The molecule has 0 fully saturated rings. The van der Waals surface area contributed by atoms with Gasteiger partial charge < -0.3 is 23.4 Å². The van der Waals surface area contributed by atoms with Crippen LogP contribution in [-0.4, -0.2) is 39.5 Å². The molecule has 4 atom stereocenters. The second-order valence-corrected chi connectivity index (χ2v) is 16.6. The number of carbonyl (C=O) groups is 1. The van der Waals surface area contributed by atoms with Gasteiger partial charge in [-0.25, -0.2) is 0 Å². The van der Waals surface area contributed by atoms with Crippen LogP contribution in [0.5, 0.6) is 5.75 Å². The zero-order chi connectivity index (χ0) is 28.4. The number of benzene rings is 2. The lowest BCUT2D eigenvalue weighted by Crippen LogP contribution is -2.56. The molecule has 2 aromatic rings. The molecule has 0 unspecified atom stereocenters. The standard InChI is InChI=1S/C32H50O5Si/c1-10-30(36-24-26-15-13-12-14-16-26)32(11-2,37-38(8,9)31(4,5)6)21-25(3)29(22-33)35-23-27-17-19-28(34-7)20-18-27/h12-20,22,25,29-30H,10-11,21,23-24H2,1-9H3/t25-,29-,30+,32-/m1/s1. The van der Waals surface area contributed by atoms with Crippen LogP contribution >= 0.6 is 0 Å². The third kappa shape index (κ3) is 8.77. The molecule has 0 bridgehead atoms. The maximum absolute atomic E-state index is 12.2. The van der Waals surface area contributed by atoms with Crippen molar-refractivity contribution in [3.63, 3.8) is 0 Å². The number of methoxy groups -OCH3 is 1. The maximum Gasteiger partial charge on any atom is 0.192 e. The second-order valence-electron chi connectivity index (χ2n) is 11.9. The van der Waals surface area contributed by atoms with Crippen LogP contribution in [-0.2, 0) is 31.9 Å². The zero-order valence-corrected chi connectivity index (χ0v) is 26.1. The first kappa shape index (κ1) is 32.2. The summed E-state index contributed by atoms with van der Waals surface area (Å²) < 4.78 is 25.3. The highest BCUT2D eigenvalue weighted by molar-refractivity contribution is 6.74. The van der Waals surface area contributed by atoms with Gasteiger partial charge in [0.25, 0.3) is 0 Å². The molecule has 212 valence electrons. The van der Waals surface area contributed by atoms with E-state index in [0.717, 1.165) is 36.0 Å². The summed E-state index contributed by atoms with van der Waals surface area (Å²) in [5.74, 6) is 0.746. The largest absolute Gasteiger partial charge is 0.497 e. The molecular formula is C32H50O5Si. The predicted octanol–water partition coefficient (Wildman–Crippen LogP) is 7.97. The Kier molecular flexibility index (Phi) is 12.2. The third-order valence-corrected chi connectivity index (χ3v) is 12.6. The summed E-state index contributed by atoms with van der Waals surface area (Å²) in [6.07, 6.45) is 2.57. The SMILES string of the molecule is CC[C@H](OCc1ccccc1)[C@@](CC)(C[C@@H](C)[C@@H](C=O)OCc1ccc(OC)cc1)O[Si](C)(C)C(C)(C)C. The Balaban J connectivity index is 2.29. The Morgan fingerprint density at radius 1 is 0.895 bits per heavy atom. The molecule has 2 rings (SSSR count). The molecule has 0 aromatic heterocycles. The van der Waals surface area contributed by atoms with E-state index in [2.05, 4.69) is 66.8 Å². The van der Waals surface area contributed by atoms with Gasteiger partial charge in [0.05, 0.1) is 32.0 Å². The summed E-state index contributed by atoms with van der Waals surface area (Å²) in [6, 6.07) is 18.0. The summed E-state index contributed by atoms with van der Waals surface area (Å²) >= 11 is 0.